The Morgan fingerprint density at radius 2 is 2.14 bits per heavy atom. The summed E-state index contributed by atoms with van der Waals surface area (Å²) in [6, 6.07) is 4.50. The Kier molecular flexibility index (Phi) is 4.96. The SMILES string of the molecule is Cc1c(C(=O)NC(CCO)C(C)C)sc2ccc(F)cc12. The molecule has 114 valence electrons. The van der Waals surface area contributed by atoms with Crippen LogP contribution in [0.3, 0.4) is 0 Å². The van der Waals surface area contributed by atoms with Crippen molar-refractivity contribution in [3.8, 4) is 0 Å². The van der Waals surface area contributed by atoms with Crippen LogP contribution in [0.25, 0.3) is 10.1 Å². The van der Waals surface area contributed by atoms with Gasteiger partial charge >= 0.3 is 0 Å². The number of hydrogen-bond donors (Lipinski definition) is 2. The highest BCUT2D eigenvalue weighted by Crippen LogP contribution is 2.31. The van der Waals surface area contributed by atoms with Gasteiger partial charge in [0, 0.05) is 17.3 Å². The van der Waals surface area contributed by atoms with Crippen LogP contribution in [0.15, 0.2) is 18.2 Å². The summed E-state index contributed by atoms with van der Waals surface area (Å²) >= 11 is 1.37. The first-order valence-electron chi connectivity index (χ1n) is 7.04. The average Bonchev–Trinajstić information content (AvgIpc) is 2.75. The van der Waals surface area contributed by atoms with Crippen LogP contribution in [0.4, 0.5) is 4.39 Å². The number of aliphatic hydroxyl groups is 1. The summed E-state index contributed by atoms with van der Waals surface area (Å²) in [4.78, 5) is 13.0. The summed E-state index contributed by atoms with van der Waals surface area (Å²) in [7, 11) is 0. The van der Waals surface area contributed by atoms with E-state index in [4.69, 9.17) is 5.11 Å². The molecule has 0 radical (unpaired) electrons. The smallest absolute Gasteiger partial charge is 0.261 e. The van der Waals surface area contributed by atoms with Crippen molar-refractivity contribution in [3.05, 3.63) is 34.5 Å². The van der Waals surface area contributed by atoms with E-state index >= 15 is 0 Å². The molecule has 1 heterocycles. The Balaban J connectivity index is 2.29. The van der Waals surface area contributed by atoms with Crippen molar-refractivity contribution in [1.82, 2.24) is 5.32 Å². The summed E-state index contributed by atoms with van der Waals surface area (Å²) in [5.74, 6) is -0.204. The van der Waals surface area contributed by atoms with Gasteiger partial charge < -0.3 is 10.4 Å². The predicted octanol–water partition coefficient (Wildman–Crippen LogP) is 3.49. The molecule has 0 bridgehead atoms. The number of rotatable bonds is 5. The van der Waals surface area contributed by atoms with Crippen molar-refractivity contribution in [2.24, 2.45) is 5.92 Å². The predicted molar refractivity (Wildman–Crippen MR) is 84.3 cm³/mol. The number of benzene rings is 1. The third-order valence-electron chi connectivity index (χ3n) is 3.67. The number of fused-ring (bicyclic) bond motifs is 1. The number of aliphatic hydroxyl groups excluding tert-OH is 1. The van der Waals surface area contributed by atoms with Crippen LogP contribution in [0.2, 0.25) is 0 Å². The number of aryl methyl sites for hydroxylation is 1. The van der Waals surface area contributed by atoms with Gasteiger partial charge in [-0.3, -0.25) is 4.79 Å². The topological polar surface area (TPSA) is 49.3 Å². The van der Waals surface area contributed by atoms with Crippen LogP contribution in [0.5, 0.6) is 0 Å². The maximum absolute atomic E-state index is 13.3. The Morgan fingerprint density at radius 1 is 1.43 bits per heavy atom. The van der Waals surface area contributed by atoms with Crippen molar-refractivity contribution in [1.29, 1.82) is 0 Å². The first kappa shape index (κ1) is 15.9. The van der Waals surface area contributed by atoms with E-state index < -0.39 is 0 Å². The second-order valence-electron chi connectivity index (χ2n) is 5.53. The van der Waals surface area contributed by atoms with E-state index in [0.29, 0.717) is 11.3 Å². The second-order valence-corrected chi connectivity index (χ2v) is 6.59. The van der Waals surface area contributed by atoms with Gasteiger partial charge in [0.1, 0.15) is 5.82 Å². The van der Waals surface area contributed by atoms with E-state index in [1.165, 1.54) is 23.5 Å². The van der Waals surface area contributed by atoms with E-state index in [1.807, 2.05) is 20.8 Å². The number of thiophene rings is 1. The molecule has 0 saturated carbocycles. The number of carbonyl (C=O) groups excluding carboxylic acids is 1. The number of amides is 1. The van der Waals surface area contributed by atoms with Gasteiger partial charge in [0.05, 0.1) is 4.88 Å². The molecule has 1 atom stereocenters. The number of nitrogens with one attached hydrogen (secondary N) is 1. The third kappa shape index (κ3) is 3.41. The molecule has 0 aliphatic carbocycles. The van der Waals surface area contributed by atoms with E-state index in [2.05, 4.69) is 5.32 Å². The molecule has 0 aliphatic heterocycles. The normalized spacial score (nSPS) is 12.9. The minimum atomic E-state index is -0.296. The molecule has 3 nitrogen and oxygen atoms in total. The van der Waals surface area contributed by atoms with Crippen LogP contribution < -0.4 is 5.32 Å². The molecule has 0 saturated heterocycles. The Morgan fingerprint density at radius 3 is 2.76 bits per heavy atom. The van der Waals surface area contributed by atoms with Crippen molar-refractivity contribution in [3.63, 3.8) is 0 Å². The van der Waals surface area contributed by atoms with Gasteiger partial charge in [0.2, 0.25) is 0 Å². The second kappa shape index (κ2) is 6.54. The van der Waals surface area contributed by atoms with Gasteiger partial charge in [-0.2, -0.15) is 0 Å². The number of carbonyl (C=O) groups is 1. The molecular formula is C16H20FNO2S. The average molecular weight is 309 g/mol. The zero-order chi connectivity index (χ0) is 15.6. The third-order valence-corrected chi connectivity index (χ3v) is 4.94. The van der Waals surface area contributed by atoms with Gasteiger partial charge in [0.15, 0.2) is 0 Å². The summed E-state index contributed by atoms with van der Waals surface area (Å²) < 4.78 is 14.2. The fraction of sp³-hybridized carbons (Fsp3) is 0.438. The minimum absolute atomic E-state index is 0.0414. The fourth-order valence-electron chi connectivity index (χ4n) is 2.35. The Bertz CT molecular complexity index is 651. The molecule has 1 amide bonds. The lowest BCUT2D eigenvalue weighted by Gasteiger charge is -2.21. The molecule has 0 spiro atoms. The fourth-order valence-corrected chi connectivity index (χ4v) is 3.45. The van der Waals surface area contributed by atoms with Crippen molar-refractivity contribution < 1.29 is 14.3 Å². The molecule has 1 unspecified atom stereocenters. The van der Waals surface area contributed by atoms with Crippen molar-refractivity contribution in [2.75, 3.05) is 6.61 Å². The van der Waals surface area contributed by atoms with Crippen LogP contribution >= 0.6 is 11.3 Å². The lowest BCUT2D eigenvalue weighted by Crippen LogP contribution is -2.39. The molecule has 2 aromatic rings. The molecule has 5 heteroatoms. The molecular weight excluding hydrogens is 289 g/mol. The summed E-state index contributed by atoms with van der Waals surface area (Å²) in [5, 5.41) is 12.8. The van der Waals surface area contributed by atoms with E-state index in [-0.39, 0.29) is 30.3 Å². The largest absolute Gasteiger partial charge is 0.396 e. The molecule has 1 aromatic carbocycles. The monoisotopic (exact) mass is 309 g/mol. The van der Waals surface area contributed by atoms with Crippen LogP contribution in [0, 0.1) is 18.7 Å². The van der Waals surface area contributed by atoms with E-state index in [0.717, 1.165) is 15.6 Å². The first-order valence-corrected chi connectivity index (χ1v) is 7.86. The zero-order valence-corrected chi connectivity index (χ0v) is 13.3. The highest BCUT2D eigenvalue weighted by molar-refractivity contribution is 7.21. The van der Waals surface area contributed by atoms with Crippen LogP contribution in [-0.2, 0) is 0 Å². The lowest BCUT2D eigenvalue weighted by atomic mass is 10.0. The summed E-state index contributed by atoms with van der Waals surface area (Å²) in [5.41, 5.74) is 0.804. The van der Waals surface area contributed by atoms with Crippen LogP contribution in [0.1, 0.15) is 35.5 Å². The summed E-state index contributed by atoms with van der Waals surface area (Å²) in [6.45, 7) is 5.89. The molecule has 0 aliphatic rings. The highest BCUT2D eigenvalue weighted by atomic mass is 32.1. The molecule has 1 aromatic heterocycles. The molecule has 0 fully saturated rings. The molecule has 21 heavy (non-hydrogen) atoms. The highest BCUT2D eigenvalue weighted by Gasteiger charge is 2.20. The zero-order valence-electron chi connectivity index (χ0n) is 12.4. The first-order chi connectivity index (χ1) is 9.93. The maximum atomic E-state index is 13.3. The lowest BCUT2D eigenvalue weighted by molar-refractivity contribution is 0.0920. The van der Waals surface area contributed by atoms with Crippen molar-refractivity contribution >= 4 is 27.3 Å². The Hall–Kier alpha value is -1.46. The standard InChI is InChI=1S/C16H20FNO2S/c1-9(2)13(6-7-19)18-16(20)15-10(3)12-8-11(17)4-5-14(12)21-15/h4-5,8-9,13,19H,6-7H2,1-3H3,(H,18,20). The van der Waals surface area contributed by atoms with Gasteiger partial charge in [-0.25, -0.2) is 4.39 Å². The molecule has 2 N–H and O–H groups in total. The van der Waals surface area contributed by atoms with E-state index in [9.17, 15) is 9.18 Å². The maximum Gasteiger partial charge on any atom is 0.261 e. The Labute approximate surface area is 127 Å². The van der Waals surface area contributed by atoms with Crippen LogP contribution in [-0.4, -0.2) is 23.7 Å². The number of hydrogen-bond acceptors (Lipinski definition) is 3. The van der Waals surface area contributed by atoms with E-state index in [1.54, 1.807) is 6.07 Å². The summed E-state index contributed by atoms with van der Waals surface area (Å²) in [6.07, 6.45) is 0.530. The van der Waals surface area contributed by atoms with Crippen molar-refractivity contribution in [2.45, 2.75) is 33.2 Å². The van der Waals surface area contributed by atoms with Gasteiger partial charge in [0.25, 0.3) is 5.91 Å². The molecule has 2 rings (SSSR count). The van der Waals surface area contributed by atoms with Gasteiger partial charge in [-0.15, -0.1) is 11.3 Å². The quantitative estimate of drug-likeness (QED) is 0.888. The number of halogens is 1. The minimum Gasteiger partial charge on any atom is -0.396 e. The van der Waals surface area contributed by atoms with Gasteiger partial charge in [-0.05, 0) is 48.4 Å². The van der Waals surface area contributed by atoms with Gasteiger partial charge in [-0.1, -0.05) is 13.8 Å².